The summed E-state index contributed by atoms with van der Waals surface area (Å²) in [6.07, 6.45) is 3.85. The van der Waals surface area contributed by atoms with E-state index in [1.807, 2.05) is 72.5 Å². The molecule has 6 heteroatoms. The maximum Gasteiger partial charge on any atom is 0.348 e. The van der Waals surface area contributed by atoms with Crippen LogP contribution in [0.1, 0.15) is 0 Å². The molecule has 0 aliphatic rings. The van der Waals surface area contributed by atoms with Crippen LogP contribution in [-0.2, 0) is 7.05 Å². The third kappa shape index (κ3) is 1.91. The minimum Gasteiger partial charge on any atom is -0.360 e. The Morgan fingerprint density at radius 3 is 2.64 bits per heavy atom. The number of aryl methyl sites for hydroxylation is 1. The topological polar surface area (TPSA) is 71.4 Å². The molecule has 0 saturated heterocycles. The van der Waals surface area contributed by atoms with E-state index in [2.05, 4.69) is 15.2 Å². The van der Waals surface area contributed by atoms with Gasteiger partial charge in [0.15, 0.2) is 5.82 Å². The van der Waals surface area contributed by atoms with Crippen molar-refractivity contribution in [2.24, 2.45) is 7.05 Å². The summed E-state index contributed by atoms with van der Waals surface area (Å²) in [5.74, 6) is 0.596. The summed E-state index contributed by atoms with van der Waals surface area (Å²) in [6, 6.07) is 16.0. The number of aromatic amines is 2. The molecule has 0 spiro atoms. The zero-order valence-electron chi connectivity index (χ0n) is 13.5. The fraction of sp³-hybridized carbons (Fsp3) is 0.0526. The molecule has 0 amide bonds. The Kier molecular flexibility index (Phi) is 2.76. The Balaban J connectivity index is 1.84. The fourth-order valence-electron chi connectivity index (χ4n) is 3.46. The molecule has 122 valence electrons. The fourth-order valence-corrected chi connectivity index (χ4v) is 3.46. The average Bonchev–Trinajstić information content (AvgIpc) is 3.31. The van der Waals surface area contributed by atoms with E-state index < -0.39 is 0 Å². The quantitative estimate of drug-likeness (QED) is 0.522. The Bertz CT molecular complexity index is 1280. The van der Waals surface area contributed by atoms with E-state index in [0.29, 0.717) is 5.82 Å². The van der Waals surface area contributed by atoms with E-state index >= 15 is 0 Å². The number of rotatable bonds is 2. The maximum absolute atomic E-state index is 12.6. The Hall–Kier alpha value is -3.54. The summed E-state index contributed by atoms with van der Waals surface area (Å²) < 4.78 is 3.65. The van der Waals surface area contributed by atoms with E-state index in [9.17, 15) is 4.79 Å². The second-order valence-electron chi connectivity index (χ2n) is 6.08. The average molecular weight is 329 g/mol. The summed E-state index contributed by atoms with van der Waals surface area (Å²) >= 11 is 0. The predicted molar refractivity (Wildman–Crippen MR) is 98.0 cm³/mol. The van der Waals surface area contributed by atoms with E-state index in [4.69, 9.17) is 0 Å². The molecule has 0 radical (unpaired) electrons. The van der Waals surface area contributed by atoms with Crippen molar-refractivity contribution in [1.29, 1.82) is 0 Å². The molecular formula is C19H15N5O. The molecule has 0 aliphatic carbocycles. The lowest BCUT2D eigenvalue weighted by Crippen LogP contribution is -2.15. The largest absolute Gasteiger partial charge is 0.360 e. The van der Waals surface area contributed by atoms with Gasteiger partial charge in [-0.2, -0.15) is 5.10 Å². The van der Waals surface area contributed by atoms with Crippen molar-refractivity contribution in [3.8, 4) is 17.1 Å². The summed E-state index contributed by atoms with van der Waals surface area (Å²) in [7, 11) is 1.97. The summed E-state index contributed by atoms with van der Waals surface area (Å²) in [6.45, 7) is 0. The van der Waals surface area contributed by atoms with Crippen LogP contribution in [0.2, 0.25) is 0 Å². The number of nitrogens with one attached hydrogen (secondary N) is 2. The Labute approximate surface area is 142 Å². The van der Waals surface area contributed by atoms with Crippen molar-refractivity contribution >= 4 is 21.8 Å². The van der Waals surface area contributed by atoms with Crippen LogP contribution in [0.5, 0.6) is 0 Å². The van der Waals surface area contributed by atoms with Gasteiger partial charge in [-0.15, -0.1) is 0 Å². The number of fused-ring (bicyclic) bond motifs is 2. The molecule has 0 bridgehead atoms. The van der Waals surface area contributed by atoms with E-state index in [1.165, 1.54) is 0 Å². The van der Waals surface area contributed by atoms with Crippen molar-refractivity contribution in [3.05, 3.63) is 71.4 Å². The zero-order valence-corrected chi connectivity index (χ0v) is 13.5. The molecule has 0 unspecified atom stereocenters. The van der Waals surface area contributed by atoms with Crippen LogP contribution in [0.25, 0.3) is 38.9 Å². The van der Waals surface area contributed by atoms with Gasteiger partial charge in [-0.3, -0.25) is 0 Å². The van der Waals surface area contributed by atoms with Crippen molar-refractivity contribution in [2.45, 2.75) is 0 Å². The summed E-state index contributed by atoms with van der Waals surface area (Å²) in [5.41, 5.74) is 3.53. The Morgan fingerprint density at radius 1 is 1.00 bits per heavy atom. The molecule has 0 fully saturated rings. The van der Waals surface area contributed by atoms with Gasteiger partial charge in [0.2, 0.25) is 0 Å². The van der Waals surface area contributed by atoms with Crippen LogP contribution in [0.4, 0.5) is 0 Å². The van der Waals surface area contributed by atoms with Crippen molar-refractivity contribution in [3.63, 3.8) is 0 Å². The molecule has 3 heterocycles. The van der Waals surface area contributed by atoms with Gasteiger partial charge in [-0.1, -0.05) is 36.4 Å². The van der Waals surface area contributed by atoms with Gasteiger partial charge in [0, 0.05) is 46.8 Å². The van der Waals surface area contributed by atoms with Crippen LogP contribution < -0.4 is 5.69 Å². The van der Waals surface area contributed by atoms with Gasteiger partial charge in [-0.05, 0) is 12.1 Å². The number of aromatic nitrogens is 5. The molecule has 2 aromatic carbocycles. The van der Waals surface area contributed by atoms with Crippen LogP contribution in [0.3, 0.4) is 0 Å². The highest BCUT2D eigenvalue weighted by Crippen LogP contribution is 2.30. The highest BCUT2D eigenvalue weighted by atomic mass is 16.1. The molecule has 0 saturated carbocycles. The van der Waals surface area contributed by atoms with Crippen LogP contribution in [0.15, 0.2) is 65.7 Å². The number of benzene rings is 2. The third-order valence-electron chi connectivity index (χ3n) is 4.62. The minimum absolute atomic E-state index is 0.253. The monoisotopic (exact) mass is 329 g/mol. The minimum atomic E-state index is -0.253. The van der Waals surface area contributed by atoms with Gasteiger partial charge >= 0.3 is 5.69 Å². The number of hydrogen-bond donors (Lipinski definition) is 2. The van der Waals surface area contributed by atoms with Crippen molar-refractivity contribution < 1.29 is 0 Å². The summed E-state index contributed by atoms with van der Waals surface area (Å²) in [5, 5.41) is 8.93. The number of hydrogen-bond acceptors (Lipinski definition) is 2. The van der Waals surface area contributed by atoms with Gasteiger partial charge in [0.25, 0.3) is 0 Å². The lowest BCUT2D eigenvalue weighted by molar-refractivity contribution is 0.939. The highest BCUT2D eigenvalue weighted by molar-refractivity contribution is 5.95. The number of para-hydroxylation sites is 2. The first-order chi connectivity index (χ1) is 12.2. The summed E-state index contributed by atoms with van der Waals surface area (Å²) in [4.78, 5) is 15.8. The molecule has 2 N–H and O–H groups in total. The van der Waals surface area contributed by atoms with E-state index in [0.717, 1.165) is 33.1 Å². The molecule has 0 atom stereocenters. The zero-order chi connectivity index (χ0) is 17.0. The van der Waals surface area contributed by atoms with Gasteiger partial charge < -0.3 is 9.55 Å². The van der Waals surface area contributed by atoms with E-state index in [-0.39, 0.29) is 5.69 Å². The third-order valence-corrected chi connectivity index (χ3v) is 4.62. The lowest BCUT2D eigenvalue weighted by Gasteiger charge is -2.03. The van der Waals surface area contributed by atoms with Crippen molar-refractivity contribution in [1.82, 2.24) is 24.3 Å². The van der Waals surface area contributed by atoms with Crippen molar-refractivity contribution in [2.75, 3.05) is 0 Å². The van der Waals surface area contributed by atoms with Gasteiger partial charge in [0.1, 0.15) is 0 Å². The first kappa shape index (κ1) is 13.9. The van der Waals surface area contributed by atoms with Crippen LogP contribution >= 0.6 is 0 Å². The van der Waals surface area contributed by atoms with Crippen LogP contribution in [-0.4, -0.2) is 24.3 Å². The van der Waals surface area contributed by atoms with Gasteiger partial charge in [0.05, 0.1) is 5.69 Å². The first-order valence-electron chi connectivity index (χ1n) is 8.02. The molecule has 0 aliphatic heterocycles. The lowest BCUT2D eigenvalue weighted by atomic mass is 10.1. The number of H-pyrrole nitrogens is 2. The smallest absolute Gasteiger partial charge is 0.348 e. The Morgan fingerprint density at radius 2 is 1.76 bits per heavy atom. The molecule has 25 heavy (non-hydrogen) atoms. The molecule has 5 aromatic rings. The van der Waals surface area contributed by atoms with Crippen LogP contribution in [0, 0.1) is 0 Å². The normalized spacial score (nSPS) is 11.6. The standard InChI is InChI=1S/C19H15N5O/c1-23-11-17(13-7-3-5-9-16(13)23)24-18(21-22-19(24)25)14-10-20-15-8-4-2-6-12(14)15/h2-11,20H,1H3,(H,22,25). The van der Waals surface area contributed by atoms with Gasteiger partial charge in [-0.25, -0.2) is 14.5 Å². The molecule has 3 aromatic heterocycles. The number of nitrogens with zero attached hydrogens (tertiary/aromatic N) is 3. The maximum atomic E-state index is 12.6. The highest BCUT2D eigenvalue weighted by Gasteiger charge is 2.19. The first-order valence-corrected chi connectivity index (χ1v) is 8.02. The second-order valence-corrected chi connectivity index (χ2v) is 6.08. The predicted octanol–water partition coefficient (Wildman–Crippen LogP) is 3.20. The SMILES string of the molecule is Cn1cc(-n2c(-c3c[nH]c4ccccc34)n[nH]c2=O)c2ccccc21. The molecular weight excluding hydrogens is 314 g/mol. The molecule has 5 rings (SSSR count). The molecule has 6 nitrogen and oxygen atoms in total. The second kappa shape index (κ2) is 4.98. The van der Waals surface area contributed by atoms with E-state index in [1.54, 1.807) is 4.57 Å².